The molecule has 0 bridgehead atoms. The number of anilines is 1. The third kappa shape index (κ3) is 4.03. The Morgan fingerprint density at radius 1 is 1.07 bits per heavy atom. The summed E-state index contributed by atoms with van der Waals surface area (Å²) in [5, 5.41) is 14.7. The highest BCUT2D eigenvalue weighted by Crippen LogP contribution is 2.26. The van der Waals surface area contributed by atoms with Crippen LogP contribution in [0.3, 0.4) is 0 Å². The van der Waals surface area contributed by atoms with Crippen molar-refractivity contribution in [2.24, 2.45) is 11.8 Å². The van der Waals surface area contributed by atoms with Gasteiger partial charge in [-0.15, -0.1) is 10.2 Å². The Labute approximate surface area is 179 Å². The molecule has 158 valence electrons. The van der Waals surface area contributed by atoms with E-state index in [9.17, 15) is 13.2 Å². The lowest BCUT2D eigenvalue weighted by molar-refractivity contribution is 0.102. The lowest BCUT2D eigenvalue weighted by Crippen LogP contribution is -2.42. The maximum atomic E-state index is 13.0. The Morgan fingerprint density at radius 2 is 1.73 bits per heavy atom. The summed E-state index contributed by atoms with van der Waals surface area (Å²) < 4.78 is 28.8. The van der Waals surface area contributed by atoms with Gasteiger partial charge in [-0.2, -0.15) is 13.9 Å². The van der Waals surface area contributed by atoms with Gasteiger partial charge < -0.3 is 0 Å². The smallest absolute Gasteiger partial charge is 0.258 e. The van der Waals surface area contributed by atoms with Crippen LogP contribution in [0.5, 0.6) is 0 Å². The summed E-state index contributed by atoms with van der Waals surface area (Å²) in [6, 6.07) is 9.04. The van der Waals surface area contributed by atoms with Gasteiger partial charge in [0.2, 0.25) is 10.0 Å². The first-order valence-corrected chi connectivity index (χ1v) is 11.4. The Hall–Kier alpha value is -2.56. The molecule has 1 aliphatic heterocycles. The fraction of sp³-hybridized carbons (Fsp3) is 0.368. The van der Waals surface area contributed by atoms with Crippen molar-refractivity contribution in [1.29, 1.82) is 0 Å². The van der Waals surface area contributed by atoms with E-state index in [4.69, 9.17) is 11.6 Å². The number of hydrogen-bond donors (Lipinski definition) is 1. The molecule has 1 aliphatic rings. The molecule has 1 aromatic carbocycles. The zero-order valence-corrected chi connectivity index (χ0v) is 18.1. The van der Waals surface area contributed by atoms with Crippen molar-refractivity contribution in [3.63, 3.8) is 0 Å². The minimum absolute atomic E-state index is 0.116. The molecule has 1 saturated heterocycles. The van der Waals surface area contributed by atoms with Gasteiger partial charge in [0.1, 0.15) is 5.15 Å². The molecule has 0 spiro atoms. The predicted molar refractivity (Wildman–Crippen MR) is 112 cm³/mol. The normalized spacial score (nSPS) is 20.4. The van der Waals surface area contributed by atoms with Crippen LogP contribution in [0, 0.1) is 11.8 Å². The molecular weight excluding hydrogens is 428 g/mol. The number of carbonyl (C=O) groups excluding carboxylic acids is 1. The third-order valence-electron chi connectivity index (χ3n) is 5.05. The minimum atomic E-state index is -3.60. The summed E-state index contributed by atoms with van der Waals surface area (Å²) in [7, 11) is -3.60. The van der Waals surface area contributed by atoms with Crippen molar-refractivity contribution >= 4 is 39.1 Å². The molecule has 1 amide bonds. The summed E-state index contributed by atoms with van der Waals surface area (Å²) in [4.78, 5) is 12.7. The first-order valence-electron chi connectivity index (χ1n) is 9.53. The highest BCUT2D eigenvalue weighted by atomic mass is 35.5. The number of hydrogen-bond acceptors (Lipinski definition) is 6. The number of nitrogens with one attached hydrogen (secondary N) is 1. The van der Waals surface area contributed by atoms with Gasteiger partial charge in [-0.1, -0.05) is 25.4 Å². The number of piperidine rings is 1. The number of carbonyl (C=O) groups is 1. The SMILES string of the molecule is C[C@@H]1C[C@@H](C)CN(S(=O)(=O)c2ccc(C(=O)Nc3nnc4ccc(Cl)nn34)cc2)C1. The number of aromatic nitrogens is 4. The first-order chi connectivity index (χ1) is 14.2. The Morgan fingerprint density at radius 3 is 2.40 bits per heavy atom. The molecule has 0 aliphatic carbocycles. The van der Waals surface area contributed by atoms with Gasteiger partial charge in [0.15, 0.2) is 5.65 Å². The Balaban J connectivity index is 1.52. The number of amides is 1. The largest absolute Gasteiger partial charge is 0.289 e. The van der Waals surface area contributed by atoms with Crippen LogP contribution in [0.15, 0.2) is 41.3 Å². The highest BCUT2D eigenvalue weighted by Gasteiger charge is 2.31. The molecule has 3 heterocycles. The number of nitrogens with zero attached hydrogens (tertiary/aromatic N) is 5. The summed E-state index contributed by atoms with van der Waals surface area (Å²) in [5.41, 5.74) is 0.717. The van der Waals surface area contributed by atoms with Crippen molar-refractivity contribution in [3.05, 3.63) is 47.1 Å². The van der Waals surface area contributed by atoms with Crippen LogP contribution in [-0.2, 0) is 10.0 Å². The molecule has 0 radical (unpaired) electrons. The predicted octanol–water partition coefficient (Wildman–Crippen LogP) is 2.70. The lowest BCUT2D eigenvalue weighted by Gasteiger charge is -2.34. The van der Waals surface area contributed by atoms with E-state index in [0.717, 1.165) is 6.42 Å². The van der Waals surface area contributed by atoms with E-state index in [1.165, 1.54) is 33.1 Å². The van der Waals surface area contributed by atoms with Crippen LogP contribution in [0.4, 0.5) is 5.95 Å². The van der Waals surface area contributed by atoms with Gasteiger partial charge in [0, 0.05) is 18.7 Å². The zero-order valence-electron chi connectivity index (χ0n) is 16.5. The van der Waals surface area contributed by atoms with Crippen LogP contribution < -0.4 is 5.32 Å². The average molecular weight is 449 g/mol. The maximum absolute atomic E-state index is 13.0. The quantitative estimate of drug-likeness (QED) is 0.657. The van der Waals surface area contributed by atoms with Gasteiger partial charge in [-0.25, -0.2) is 8.42 Å². The topological polar surface area (TPSA) is 110 Å². The number of halogens is 1. The third-order valence-corrected chi connectivity index (χ3v) is 7.09. The second kappa shape index (κ2) is 7.93. The van der Waals surface area contributed by atoms with Crippen LogP contribution >= 0.6 is 11.6 Å². The number of fused-ring (bicyclic) bond motifs is 1. The van der Waals surface area contributed by atoms with Crippen LogP contribution in [0.1, 0.15) is 30.6 Å². The van der Waals surface area contributed by atoms with E-state index in [-0.39, 0.29) is 21.6 Å². The van der Waals surface area contributed by atoms with Crippen LogP contribution in [0.25, 0.3) is 5.65 Å². The summed E-state index contributed by atoms with van der Waals surface area (Å²) in [6.07, 6.45) is 1.02. The second-order valence-electron chi connectivity index (χ2n) is 7.70. The van der Waals surface area contributed by atoms with Gasteiger partial charge in [-0.05, 0) is 54.7 Å². The summed E-state index contributed by atoms with van der Waals surface area (Å²) in [6.45, 7) is 5.12. The summed E-state index contributed by atoms with van der Waals surface area (Å²) in [5.74, 6) is 0.281. The van der Waals surface area contributed by atoms with Gasteiger partial charge in [0.25, 0.3) is 11.9 Å². The molecule has 1 N–H and O–H groups in total. The van der Waals surface area contributed by atoms with Crippen LogP contribution in [0.2, 0.25) is 5.15 Å². The number of benzene rings is 1. The van der Waals surface area contributed by atoms with Crippen molar-refractivity contribution in [1.82, 2.24) is 24.1 Å². The van der Waals surface area contributed by atoms with Crippen molar-refractivity contribution in [3.8, 4) is 0 Å². The van der Waals surface area contributed by atoms with Crippen molar-refractivity contribution in [2.75, 3.05) is 18.4 Å². The minimum Gasteiger partial charge on any atom is -0.289 e. The number of sulfonamides is 1. The van der Waals surface area contributed by atoms with E-state index in [1.807, 2.05) is 0 Å². The molecule has 0 saturated carbocycles. The Kier molecular flexibility index (Phi) is 5.48. The highest BCUT2D eigenvalue weighted by molar-refractivity contribution is 7.89. The molecule has 2 atom stereocenters. The van der Waals surface area contributed by atoms with E-state index in [0.29, 0.717) is 30.6 Å². The lowest BCUT2D eigenvalue weighted by atomic mass is 9.94. The molecule has 9 nitrogen and oxygen atoms in total. The monoisotopic (exact) mass is 448 g/mol. The molecule has 3 aromatic rings. The molecule has 1 fully saturated rings. The maximum Gasteiger partial charge on any atom is 0.258 e. The van der Waals surface area contributed by atoms with Crippen molar-refractivity contribution in [2.45, 2.75) is 25.2 Å². The van der Waals surface area contributed by atoms with Crippen molar-refractivity contribution < 1.29 is 13.2 Å². The molecule has 4 rings (SSSR count). The van der Waals surface area contributed by atoms with E-state index >= 15 is 0 Å². The van der Waals surface area contributed by atoms with Gasteiger partial charge in [0.05, 0.1) is 4.90 Å². The Bertz CT molecular complexity index is 1180. The van der Waals surface area contributed by atoms with Crippen LogP contribution in [-0.4, -0.2) is 51.5 Å². The molecule has 0 unspecified atom stereocenters. The first kappa shape index (κ1) is 20.7. The fourth-order valence-corrected chi connectivity index (χ4v) is 5.57. The molecule has 11 heteroatoms. The van der Waals surface area contributed by atoms with E-state index < -0.39 is 15.9 Å². The molecular formula is C19H21ClN6O3S. The zero-order chi connectivity index (χ0) is 21.5. The molecule has 2 aromatic heterocycles. The molecule has 30 heavy (non-hydrogen) atoms. The van der Waals surface area contributed by atoms with E-state index in [1.54, 1.807) is 12.1 Å². The van der Waals surface area contributed by atoms with Gasteiger partial charge >= 0.3 is 0 Å². The van der Waals surface area contributed by atoms with E-state index in [2.05, 4.69) is 34.5 Å². The fourth-order valence-electron chi connectivity index (χ4n) is 3.75. The summed E-state index contributed by atoms with van der Waals surface area (Å²) >= 11 is 5.88. The second-order valence-corrected chi connectivity index (χ2v) is 10.0. The standard InChI is InChI=1S/C19H21ClN6O3S/c1-12-9-13(2)11-25(10-12)30(28,29)15-5-3-14(4-6-15)18(27)21-19-23-22-17-8-7-16(20)24-26(17)19/h3-8,12-13H,9-11H2,1-2H3,(H,21,23,27)/t12-,13-/m1/s1. The van der Waals surface area contributed by atoms with Gasteiger partial charge in [-0.3, -0.25) is 10.1 Å². The average Bonchev–Trinajstić information content (AvgIpc) is 3.09. The number of rotatable bonds is 4.